The molecule has 9 nitrogen and oxygen atoms in total. The number of fused-ring (bicyclic) bond motifs is 1. The van der Waals surface area contributed by atoms with Crippen LogP contribution in [0, 0.1) is 5.92 Å². The number of hydrogen-bond acceptors (Lipinski definition) is 6. The maximum atomic E-state index is 11.7. The molecule has 1 aliphatic heterocycles. The Balaban J connectivity index is 1.54. The molecule has 5 rings (SSSR count). The van der Waals surface area contributed by atoms with E-state index < -0.39 is 5.54 Å². The molecule has 1 saturated carbocycles. The number of nitrogens with one attached hydrogen (secondary N) is 1. The molecule has 2 atom stereocenters. The number of ether oxygens (including phenoxy) is 1. The number of aliphatic hydroxyl groups excluding tert-OH is 1. The maximum Gasteiger partial charge on any atom is 0.241 e. The third-order valence-corrected chi connectivity index (χ3v) is 6.32. The van der Waals surface area contributed by atoms with Crippen LogP contribution < -0.4 is 10.1 Å². The van der Waals surface area contributed by atoms with E-state index in [1.807, 2.05) is 39.4 Å². The lowest BCUT2D eigenvalue weighted by molar-refractivity contribution is -0.119. The van der Waals surface area contributed by atoms with Crippen LogP contribution in [-0.4, -0.2) is 54.6 Å². The number of carbonyl (C=O) groups excluding carboxylic acids is 1. The lowest BCUT2D eigenvalue weighted by Crippen LogP contribution is -2.30. The van der Waals surface area contributed by atoms with Gasteiger partial charge in [-0.1, -0.05) is 0 Å². The molecule has 1 saturated heterocycles. The highest BCUT2D eigenvalue weighted by Gasteiger charge is 2.31. The van der Waals surface area contributed by atoms with Crippen molar-refractivity contribution < 1.29 is 14.6 Å². The van der Waals surface area contributed by atoms with Crippen LogP contribution in [0.5, 0.6) is 5.88 Å². The van der Waals surface area contributed by atoms with Crippen molar-refractivity contribution in [1.29, 1.82) is 0 Å². The Morgan fingerprint density at radius 2 is 2.19 bits per heavy atom. The van der Waals surface area contributed by atoms with E-state index in [0.29, 0.717) is 24.9 Å². The van der Waals surface area contributed by atoms with Crippen molar-refractivity contribution in [3.8, 4) is 17.1 Å². The highest BCUT2D eigenvalue weighted by Crippen LogP contribution is 2.40. The summed E-state index contributed by atoms with van der Waals surface area (Å²) in [6.07, 6.45) is 8.06. The fourth-order valence-electron chi connectivity index (χ4n) is 3.98. The standard InChI is InChI=1S/C22H28N6O3/c1-13(14-6-19(30)23-8-14)31-21-20-18(24-12-27(20)16-4-5-16)7-17(26-21)15-9-25-28(10-15)22(2,3)11-29/h7,9-10,12-14,16,29H,4-6,8,11H2,1-3H3,(H,23,30)/t13?,14-/m1/s1. The van der Waals surface area contributed by atoms with Crippen LogP contribution in [0.1, 0.15) is 46.1 Å². The summed E-state index contributed by atoms with van der Waals surface area (Å²) in [4.78, 5) is 21.1. The van der Waals surface area contributed by atoms with E-state index in [-0.39, 0.29) is 24.5 Å². The Kier molecular flexibility index (Phi) is 4.73. The van der Waals surface area contributed by atoms with Crippen LogP contribution in [-0.2, 0) is 10.3 Å². The van der Waals surface area contributed by atoms with E-state index in [2.05, 4.69) is 20.0 Å². The van der Waals surface area contributed by atoms with Crippen LogP contribution in [0.4, 0.5) is 0 Å². The van der Waals surface area contributed by atoms with Crippen LogP contribution in [0.25, 0.3) is 22.3 Å². The molecule has 2 N–H and O–H groups in total. The molecule has 1 amide bonds. The van der Waals surface area contributed by atoms with Crippen molar-refractivity contribution in [3.63, 3.8) is 0 Å². The van der Waals surface area contributed by atoms with Crippen LogP contribution in [0.3, 0.4) is 0 Å². The number of carbonyl (C=O) groups is 1. The lowest BCUT2D eigenvalue weighted by Gasteiger charge is -2.22. The Morgan fingerprint density at radius 3 is 2.87 bits per heavy atom. The van der Waals surface area contributed by atoms with E-state index in [0.717, 1.165) is 35.1 Å². The zero-order valence-electron chi connectivity index (χ0n) is 18.1. The zero-order chi connectivity index (χ0) is 21.8. The monoisotopic (exact) mass is 424 g/mol. The van der Waals surface area contributed by atoms with E-state index >= 15 is 0 Å². The number of hydrogen-bond donors (Lipinski definition) is 2. The Bertz CT molecular complexity index is 1130. The maximum absolute atomic E-state index is 11.7. The van der Waals surface area contributed by atoms with Gasteiger partial charge in [0, 0.05) is 36.7 Å². The van der Waals surface area contributed by atoms with Crippen molar-refractivity contribution in [2.75, 3.05) is 13.2 Å². The molecule has 0 aromatic carbocycles. The number of amides is 1. The van der Waals surface area contributed by atoms with Gasteiger partial charge in [-0.3, -0.25) is 9.48 Å². The summed E-state index contributed by atoms with van der Waals surface area (Å²) in [5.74, 6) is 0.713. The van der Waals surface area contributed by atoms with Crippen molar-refractivity contribution >= 4 is 16.9 Å². The lowest BCUT2D eigenvalue weighted by atomic mass is 10.0. The smallest absolute Gasteiger partial charge is 0.241 e. The predicted molar refractivity (Wildman–Crippen MR) is 115 cm³/mol. The molecular weight excluding hydrogens is 396 g/mol. The van der Waals surface area contributed by atoms with Gasteiger partial charge in [0.25, 0.3) is 0 Å². The molecule has 1 aliphatic carbocycles. The minimum absolute atomic E-state index is 0.0214. The third-order valence-electron chi connectivity index (χ3n) is 6.32. The van der Waals surface area contributed by atoms with Gasteiger partial charge < -0.3 is 19.7 Å². The van der Waals surface area contributed by atoms with Gasteiger partial charge in [0.2, 0.25) is 11.8 Å². The molecule has 3 aromatic heterocycles. The minimum Gasteiger partial charge on any atom is -0.473 e. The first-order valence-corrected chi connectivity index (χ1v) is 10.8. The predicted octanol–water partition coefficient (Wildman–Crippen LogP) is 2.26. The first-order valence-electron chi connectivity index (χ1n) is 10.8. The third kappa shape index (κ3) is 3.67. The van der Waals surface area contributed by atoms with Crippen molar-refractivity contribution in [2.45, 2.75) is 57.7 Å². The highest BCUT2D eigenvalue weighted by molar-refractivity contribution is 5.84. The largest absolute Gasteiger partial charge is 0.473 e. The average Bonchev–Trinajstić information content (AvgIpc) is 3.15. The molecule has 31 heavy (non-hydrogen) atoms. The van der Waals surface area contributed by atoms with E-state index in [9.17, 15) is 9.90 Å². The summed E-state index contributed by atoms with van der Waals surface area (Å²) in [5.41, 5.74) is 2.77. The van der Waals surface area contributed by atoms with Crippen molar-refractivity contribution in [1.82, 2.24) is 29.6 Å². The second-order valence-corrected chi connectivity index (χ2v) is 9.30. The fourth-order valence-corrected chi connectivity index (χ4v) is 3.98. The molecule has 2 fully saturated rings. The average molecular weight is 425 g/mol. The zero-order valence-corrected chi connectivity index (χ0v) is 18.1. The number of pyridine rings is 1. The normalized spacial score (nSPS) is 20.3. The molecule has 2 aliphatic rings. The second-order valence-electron chi connectivity index (χ2n) is 9.30. The summed E-state index contributed by atoms with van der Waals surface area (Å²) in [6.45, 7) is 6.43. The highest BCUT2D eigenvalue weighted by atomic mass is 16.5. The number of nitrogens with zero attached hydrogens (tertiary/aromatic N) is 5. The Hall–Kier alpha value is -2.94. The van der Waals surface area contributed by atoms with Gasteiger partial charge in [-0.2, -0.15) is 5.10 Å². The van der Waals surface area contributed by atoms with Gasteiger partial charge in [-0.05, 0) is 39.7 Å². The molecule has 0 radical (unpaired) electrons. The number of aliphatic hydroxyl groups is 1. The number of imidazole rings is 1. The van der Waals surface area contributed by atoms with Crippen molar-refractivity contribution in [2.24, 2.45) is 5.92 Å². The number of aromatic nitrogens is 5. The van der Waals surface area contributed by atoms with Crippen LogP contribution >= 0.6 is 0 Å². The first-order chi connectivity index (χ1) is 14.9. The molecule has 164 valence electrons. The second kappa shape index (κ2) is 7.33. The van der Waals surface area contributed by atoms with E-state index in [4.69, 9.17) is 9.72 Å². The Labute approximate surface area is 180 Å². The quantitative estimate of drug-likeness (QED) is 0.603. The molecule has 3 aromatic rings. The minimum atomic E-state index is -0.508. The van der Waals surface area contributed by atoms with Gasteiger partial charge in [0.05, 0.1) is 35.9 Å². The SMILES string of the molecule is CC(Oc1nc(-c2cnn(C(C)(C)CO)c2)cc2ncn(C3CC3)c12)[C@H]1CNC(=O)C1. The van der Waals surface area contributed by atoms with E-state index in [1.165, 1.54) is 0 Å². The summed E-state index contributed by atoms with van der Waals surface area (Å²) in [7, 11) is 0. The summed E-state index contributed by atoms with van der Waals surface area (Å²) >= 11 is 0. The van der Waals surface area contributed by atoms with Gasteiger partial charge in [-0.15, -0.1) is 0 Å². The molecule has 4 heterocycles. The van der Waals surface area contributed by atoms with Gasteiger partial charge in [0.1, 0.15) is 11.6 Å². The molecule has 9 heteroatoms. The molecule has 1 unspecified atom stereocenters. The Morgan fingerprint density at radius 1 is 1.39 bits per heavy atom. The molecular formula is C22H28N6O3. The summed E-state index contributed by atoms with van der Waals surface area (Å²) < 4.78 is 10.3. The van der Waals surface area contributed by atoms with Crippen LogP contribution in [0.15, 0.2) is 24.8 Å². The summed E-state index contributed by atoms with van der Waals surface area (Å²) in [5, 5.41) is 17.0. The molecule has 0 bridgehead atoms. The number of rotatable bonds is 7. The first kappa shape index (κ1) is 20.0. The van der Waals surface area contributed by atoms with Gasteiger partial charge in [-0.25, -0.2) is 9.97 Å². The van der Waals surface area contributed by atoms with Gasteiger partial charge >= 0.3 is 0 Å². The van der Waals surface area contributed by atoms with Gasteiger partial charge in [0.15, 0.2) is 0 Å². The fraction of sp³-hybridized carbons (Fsp3) is 0.545. The van der Waals surface area contributed by atoms with E-state index in [1.54, 1.807) is 10.9 Å². The van der Waals surface area contributed by atoms with Crippen molar-refractivity contribution in [3.05, 3.63) is 24.8 Å². The molecule has 0 spiro atoms. The topological polar surface area (TPSA) is 107 Å². The van der Waals surface area contributed by atoms with Crippen LogP contribution in [0.2, 0.25) is 0 Å². The summed E-state index contributed by atoms with van der Waals surface area (Å²) in [6, 6.07) is 2.40.